The Labute approximate surface area is 175 Å². The van der Waals surface area contributed by atoms with E-state index >= 15 is 0 Å². The summed E-state index contributed by atoms with van der Waals surface area (Å²) in [6.07, 6.45) is 2.98. The van der Waals surface area contributed by atoms with E-state index in [9.17, 15) is 4.79 Å². The van der Waals surface area contributed by atoms with Gasteiger partial charge in [-0.1, -0.05) is 12.1 Å². The molecule has 7 nitrogen and oxygen atoms in total. The van der Waals surface area contributed by atoms with Gasteiger partial charge in [0.2, 0.25) is 0 Å². The zero-order valence-electron chi connectivity index (χ0n) is 18.5. The summed E-state index contributed by atoms with van der Waals surface area (Å²) >= 11 is 0. The smallest absolute Gasteiger partial charge is 0.412 e. The van der Waals surface area contributed by atoms with Gasteiger partial charge in [-0.2, -0.15) is 0 Å². The fourth-order valence-corrected chi connectivity index (χ4v) is 3.40. The van der Waals surface area contributed by atoms with Crippen molar-refractivity contribution in [3.8, 4) is 0 Å². The minimum absolute atomic E-state index is 0.439. The molecule has 162 valence electrons. The monoisotopic (exact) mass is 403 g/mol. The van der Waals surface area contributed by atoms with Gasteiger partial charge in [0.25, 0.3) is 0 Å². The van der Waals surface area contributed by atoms with Gasteiger partial charge < -0.3 is 20.3 Å². The fraction of sp³-hybridized carbons (Fsp3) is 0.636. The fourth-order valence-electron chi connectivity index (χ4n) is 3.40. The van der Waals surface area contributed by atoms with Gasteiger partial charge in [0.1, 0.15) is 5.60 Å². The number of nitrogens with one attached hydrogen (secondary N) is 3. The van der Waals surface area contributed by atoms with Gasteiger partial charge in [-0.15, -0.1) is 0 Å². The highest BCUT2D eigenvalue weighted by atomic mass is 16.6. The highest BCUT2D eigenvalue weighted by molar-refractivity contribution is 5.84. The molecule has 3 N–H and O–H groups in total. The molecule has 0 aliphatic carbocycles. The molecule has 1 unspecified atom stereocenters. The maximum Gasteiger partial charge on any atom is 0.412 e. The molecule has 0 saturated carbocycles. The number of benzene rings is 1. The summed E-state index contributed by atoms with van der Waals surface area (Å²) in [5.41, 5.74) is 1.41. The molecule has 1 aliphatic rings. The average Bonchev–Trinajstić information content (AvgIpc) is 2.64. The molecule has 0 bridgehead atoms. The van der Waals surface area contributed by atoms with Crippen molar-refractivity contribution in [1.29, 1.82) is 0 Å². The molecule has 1 atom stereocenters. The van der Waals surface area contributed by atoms with Crippen LogP contribution in [0.1, 0.15) is 39.2 Å². The number of likely N-dealkylation sites (tertiary alicyclic amines) is 1. The lowest BCUT2D eigenvalue weighted by atomic mass is 9.99. The first kappa shape index (κ1) is 23.0. The molecule has 1 heterocycles. The molecule has 1 aromatic rings. The first-order valence-corrected chi connectivity index (χ1v) is 10.5. The second-order valence-corrected chi connectivity index (χ2v) is 8.72. The second-order valence-electron chi connectivity index (χ2n) is 8.72. The zero-order chi connectivity index (χ0) is 21.3. The van der Waals surface area contributed by atoms with Crippen LogP contribution in [0.2, 0.25) is 0 Å². The van der Waals surface area contributed by atoms with Crippen molar-refractivity contribution in [1.82, 2.24) is 15.5 Å². The van der Waals surface area contributed by atoms with Crippen molar-refractivity contribution in [2.75, 3.05) is 45.6 Å². The molecule has 0 spiro atoms. The van der Waals surface area contributed by atoms with Crippen LogP contribution in [0.5, 0.6) is 0 Å². The molecule has 1 amide bonds. The predicted octanol–water partition coefficient (Wildman–Crippen LogP) is 3.08. The average molecular weight is 404 g/mol. The highest BCUT2D eigenvalue weighted by Crippen LogP contribution is 2.14. The number of rotatable bonds is 6. The maximum atomic E-state index is 11.8. The van der Waals surface area contributed by atoms with Crippen LogP contribution < -0.4 is 16.0 Å². The Balaban J connectivity index is 1.70. The van der Waals surface area contributed by atoms with E-state index in [2.05, 4.69) is 32.9 Å². The van der Waals surface area contributed by atoms with Crippen molar-refractivity contribution < 1.29 is 9.53 Å². The van der Waals surface area contributed by atoms with Crippen molar-refractivity contribution in [2.24, 2.45) is 10.9 Å². The van der Waals surface area contributed by atoms with Gasteiger partial charge in [0.15, 0.2) is 5.96 Å². The van der Waals surface area contributed by atoms with E-state index in [1.807, 2.05) is 45.0 Å². The van der Waals surface area contributed by atoms with Crippen LogP contribution >= 0.6 is 0 Å². The quantitative estimate of drug-likeness (QED) is 0.503. The number of hydrogen-bond donors (Lipinski definition) is 3. The van der Waals surface area contributed by atoms with Crippen LogP contribution in [0.4, 0.5) is 10.5 Å². The van der Waals surface area contributed by atoms with E-state index in [4.69, 9.17) is 4.74 Å². The molecular weight excluding hydrogens is 366 g/mol. The van der Waals surface area contributed by atoms with E-state index < -0.39 is 11.7 Å². The second kappa shape index (κ2) is 11.0. The third-order valence-corrected chi connectivity index (χ3v) is 4.81. The molecule has 1 saturated heterocycles. The molecule has 1 aliphatic heterocycles. The summed E-state index contributed by atoms with van der Waals surface area (Å²) in [5, 5.41) is 9.57. The number of amides is 1. The number of ether oxygens (including phenoxy) is 1. The number of carbonyl (C=O) groups excluding carboxylic acids is 1. The molecule has 0 aromatic heterocycles. The third kappa shape index (κ3) is 9.17. The summed E-state index contributed by atoms with van der Waals surface area (Å²) in [6, 6.07) is 7.82. The van der Waals surface area contributed by atoms with Gasteiger partial charge >= 0.3 is 6.09 Å². The molecular formula is C22H37N5O2. The van der Waals surface area contributed by atoms with Gasteiger partial charge in [-0.25, -0.2) is 4.79 Å². The van der Waals surface area contributed by atoms with E-state index in [0.29, 0.717) is 5.92 Å². The Morgan fingerprint density at radius 3 is 2.59 bits per heavy atom. The van der Waals surface area contributed by atoms with Crippen LogP contribution in [0.3, 0.4) is 0 Å². The number of nitrogens with zero attached hydrogens (tertiary/aromatic N) is 2. The van der Waals surface area contributed by atoms with Crippen molar-refractivity contribution in [3.05, 3.63) is 29.8 Å². The Kier molecular flexibility index (Phi) is 8.76. The number of piperidine rings is 1. The topological polar surface area (TPSA) is 78.0 Å². The van der Waals surface area contributed by atoms with Crippen LogP contribution in [0, 0.1) is 5.92 Å². The predicted molar refractivity (Wildman–Crippen MR) is 120 cm³/mol. The van der Waals surface area contributed by atoms with Crippen LogP contribution in [-0.4, -0.2) is 62.8 Å². The number of carbonyl (C=O) groups is 1. The Morgan fingerprint density at radius 1 is 1.24 bits per heavy atom. The lowest BCUT2D eigenvalue weighted by Gasteiger charge is -2.30. The van der Waals surface area contributed by atoms with Gasteiger partial charge in [-0.3, -0.25) is 10.3 Å². The molecule has 2 rings (SSSR count). The van der Waals surface area contributed by atoms with Crippen molar-refractivity contribution in [3.63, 3.8) is 0 Å². The summed E-state index contributed by atoms with van der Waals surface area (Å²) in [6.45, 7) is 9.64. The molecule has 29 heavy (non-hydrogen) atoms. The largest absolute Gasteiger partial charge is 0.444 e. The lowest BCUT2D eigenvalue weighted by Crippen LogP contribution is -2.44. The number of guanidine groups is 1. The summed E-state index contributed by atoms with van der Waals surface area (Å²) in [7, 11) is 3.99. The van der Waals surface area contributed by atoms with E-state index in [1.165, 1.54) is 24.9 Å². The Hall–Kier alpha value is -2.28. The van der Waals surface area contributed by atoms with Crippen molar-refractivity contribution in [2.45, 2.75) is 45.6 Å². The van der Waals surface area contributed by atoms with Crippen LogP contribution in [0.15, 0.2) is 29.3 Å². The minimum Gasteiger partial charge on any atom is -0.444 e. The summed E-state index contributed by atoms with van der Waals surface area (Å²) in [4.78, 5) is 18.5. The summed E-state index contributed by atoms with van der Waals surface area (Å²) < 4.78 is 5.27. The maximum absolute atomic E-state index is 11.8. The lowest BCUT2D eigenvalue weighted by molar-refractivity contribution is 0.0636. The zero-order valence-corrected chi connectivity index (χ0v) is 18.5. The van der Waals surface area contributed by atoms with Crippen LogP contribution in [-0.2, 0) is 11.2 Å². The Morgan fingerprint density at radius 2 is 1.97 bits per heavy atom. The Bertz CT molecular complexity index is 667. The summed E-state index contributed by atoms with van der Waals surface area (Å²) in [5.74, 6) is 1.53. The van der Waals surface area contributed by atoms with Gasteiger partial charge in [0, 0.05) is 32.4 Å². The van der Waals surface area contributed by atoms with E-state index in [0.717, 1.165) is 37.7 Å². The van der Waals surface area contributed by atoms with Gasteiger partial charge in [-0.05, 0) is 77.2 Å². The first-order chi connectivity index (χ1) is 13.7. The van der Waals surface area contributed by atoms with Crippen molar-refractivity contribution >= 4 is 17.7 Å². The first-order valence-electron chi connectivity index (χ1n) is 10.5. The standard InChI is InChI=1S/C22H37N5O2/c1-22(2,3)29-21(28)26-19-10-8-17(9-11-19)12-13-24-20(23-4)25-15-18-7-6-14-27(5)16-18/h8-11,18H,6-7,12-16H2,1-5H3,(H,26,28)(H2,23,24,25). The van der Waals surface area contributed by atoms with Gasteiger partial charge in [0.05, 0.1) is 0 Å². The molecule has 1 fully saturated rings. The van der Waals surface area contributed by atoms with Crippen LogP contribution in [0.25, 0.3) is 0 Å². The highest BCUT2D eigenvalue weighted by Gasteiger charge is 2.17. The number of aliphatic imine (C=N–C) groups is 1. The van der Waals surface area contributed by atoms with E-state index in [1.54, 1.807) is 7.05 Å². The molecule has 7 heteroatoms. The number of hydrogen-bond acceptors (Lipinski definition) is 4. The normalized spacial score (nSPS) is 18.2. The molecule has 0 radical (unpaired) electrons. The SMILES string of the molecule is CN=C(NCCc1ccc(NC(=O)OC(C)(C)C)cc1)NCC1CCCN(C)C1. The number of anilines is 1. The third-order valence-electron chi connectivity index (χ3n) is 4.81. The minimum atomic E-state index is -0.505. The molecule has 1 aromatic carbocycles. The van der Waals surface area contributed by atoms with E-state index in [-0.39, 0.29) is 0 Å².